The second-order valence-electron chi connectivity index (χ2n) is 7.74. The lowest BCUT2D eigenvalue weighted by atomic mass is 9.96. The van der Waals surface area contributed by atoms with E-state index in [-0.39, 0.29) is 17.7 Å². The molecule has 6 nitrogen and oxygen atoms in total. The fourth-order valence-corrected chi connectivity index (χ4v) is 4.13. The Kier molecular flexibility index (Phi) is 5.46. The lowest BCUT2D eigenvalue weighted by molar-refractivity contribution is 0.0704. The highest BCUT2D eigenvalue weighted by atomic mass is 16.4. The molecule has 6 heteroatoms. The molecule has 3 heterocycles. The van der Waals surface area contributed by atoms with E-state index in [2.05, 4.69) is 4.98 Å². The molecule has 0 spiro atoms. The summed E-state index contributed by atoms with van der Waals surface area (Å²) < 4.78 is 5.88. The molecule has 28 heavy (non-hydrogen) atoms. The largest absolute Gasteiger partial charge is 0.445 e. The molecular formula is C22H27N3O3. The van der Waals surface area contributed by atoms with E-state index in [0.29, 0.717) is 30.4 Å². The number of nitrogens with zero attached hydrogens (tertiary/aromatic N) is 3. The predicted octanol–water partition coefficient (Wildman–Crippen LogP) is 3.63. The number of aromatic nitrogens is 1. The van der Waals surface area contributed by atoms with Crippen molar-refractivity contribution in [1.29, 1.82) is 0 Å². The van der Waals surface area contributed by atoms with E-state index in [4.69, 9.17) is 4.42 Å². The molecule has 148 valence electrons. The standard InChI is InChI=1S/C22H27N3O3/c1-16-19(22(27)24-12-6-3-7-13-24)23-20(28-16)17-10-14-25(15-11-17)21(26)18-8-4-2-5-9-18/h2,4-5,8-9,17H,3,6-7,10-15H2,1H3. The number of carbonyl (C=O) groups is 2. The molecule has 2 aliphatic rings. The van der Waals surface area contributed by atoms with Crippen molar-refractivity contribution in [1.82, 2.24) is 14.8 Å². The van der Waals surface area contributed by atoms with Gasteiger partial charge in [0.05, 0.1) is 0 Å². The monoisotopic (exact) mass is 381 g/mol. The molecule has 2 aromatic rings. The van der Waals surface area contributed by atoms with Gasteiger partial charge in [0.2, 0.25) is 0 Å². The molecule has 2 aliphatic heterocycles. The van der Waals surface area contributed by atoms with E-state index in [9.17, 15) is 9.59 Å². The molecule has 1 aromatic carbocycles. The topological polar surface area (TPSA) is 66.7 Å². The van der Waals surface area contributed by atoms with Crippen molar-refractivity contribution in [3.05, 3.63) is 53.2 Å². The zero-order valence-electron chi connectivity index (χ0n) is 16.4. The third-order valence-corrected chi connectivity index (χ3v) is 5.81. The Morgan fingerprint density at radius 2 is 1.57 bits per heavy atom. The van der Waals surface area contributed by atoms with Crippen molar-refractivity contribution in [3.63, 3.8) is 0 Å². The van der Waals surface area contributed by atoms with Gasteiger partial charge in [0.1, 0.15) is 5.76 Å². The number of likely N-dealkylation sites (tertiary alicyclic amines) is 2. The number of carbonyl (C=O) groups excluding carboxylic acids is 2. The molecule has 0 saturated carbocycles. The smallest absolute Gasteiger partial charge is 0.276 e. The van der Waals surface area contributed by atoms with Gasteiger partial charge < -0.3 is 14.2 Å². The summed E-state index contributed by atoms with van der Waals surface area (Å²) in [5.41, 5.74) is 1.18. The first-order chi connectivity index (χ1) is 13.6. The Morgan fingerprint density at radius 1 is 0.929 bits per heavy atom. The highest BCUT2D eigenvalue weighted by Gasteiger charge is 2.30. The number of amides is 2. The van der Waals surface area contributed by atoms with E-state index < -0.39 is 0 Å². The Morgan fingerprint density at radius 3 is 2.25 bits per heavy atom. The number of oxazole rings is 1. The van der Waals surface area contributed by atoms with E-state index in [0.717, 1.165) is 44.3 Å². The van der Waals surface area contributed by atoms with Gasteiger partial charge in [-0.2, -0.15) is 0 Å². The minimum atomic E-state index is -0.0103. The van der Waals surface area contributed by atoms with Crippen LogP contribution < -0.4 is 0 Å². The van der Waals surface area contributed by atoms with Crippen LogP contribution in [0.4, 0.5) is 0 Å². The van der Waals surface area contributed by atoms with Crippen LogP contribution in [0.25, 0.3) is 0 Å². The highest BCUT2D eigenvalue weighted by Crippen LogP contribution is 2.30. The molecule has 2 fully saturated rings. The van der Waals surface area contributed by atoms with E-state index in [1.807, 2.05) is 47.1 Å². The summed E-state index contributed by atoms with van der Waals surface area (Å²) in [7, 11) is 0. The van der Waals surface area contributed by atoms with Crippen LogP contribution in [0.15, 0.2) is 34.7 Å². The summed E-state index contributed by atoms with van der Waals surface area (Å²) in [6, 6.07) is 9.39. The van der Waals surface area contributed by atoms with Crippen molar-refractivity contribution in [2.45, 2.75) is 44.9 Å². The SMILES string of the molecule is Cc1oc(C2CCN(C(=O)c3ccccc3)CC2)nc1C(=O)N1CCCCC1. The molecule has 0 radical (unpaired) electrons. The first kappa shape index (κ1) is 18.7. The van der Waals surface area contributed by atoms with Crippen LogP contribution in [-0.4, -0.2) is 52.8 Å². The van der Waals surface area contributed by atoms with Gasteiger partial charge >= 0.3 is 0 Å². The van der Waals surface area contributed by atoms with Crippen LogP contribution in [0, 0.1) is 6.92 Å². The van der Waals surface area contributed by atoms with Crippen LogP contribution in [0.1, 0.15) is 70.5 Å². The molecule has 2 saturated heterocycles. The maximum absolute atomic E-state index is 12.8. The predicted molar refractivity (Wildman–Crippen MR) is 105 cm³/mol. The maximum Gasteiger partial charge on any atom is 0.276 e. The molecular weight excluding hydrogens is 354 g/mol. The Hall–Kier alpha value is -2.63. The van der Waals surface area contributed by atoms with Crippen LogP contribution >= 0.6 is 0 Å². The number of benzene rings is 1. The normalized spacial score (nSPS) is 18.3. The van der Waals surface area contributed by atoms with E-state index >= 15 is 0 Å². The summed E-state index contributed by atoms with van der Waals surface area (Å²) in [5.74, 6) is 1.46. The van der Waals surface area contributed by atoms with Gasteiger partial charge in [-0.3, -0.25) is 9.59 Å². The van der Waals surface area contributed by atoms with E-state index in [1.54, 1.807) is 0 Å². The molecule has 2 amide bonds. The summed E-state index contributed by atoms with van der Waals surface area (Å²) in [5, 5.41) is 0. The highest BCUT2D eigenvalue weighted by molar-refractivity contribution is 5.94. The minimum absolute atomic E-state index is 0.0103. The molecule has 0 atom stereocenters. The van der Waals surface area contributed by atoms with E-state index in [1.165, 1.54) is 6.42 Å². The fraction of sp³-hybridized carbons (Fsp3) is 0.500. The van der Waals surface area contributed by atoms with Gasteiger partial charge in [-0.15, -0.1) is 0 Å². The van der Waals surface area contributed by atoms with Crippen LogP contribution in [-0.2, 0) is 0 Å². The second kappa shape index (κ2) is 8.17. The zero-order chi connectivity index (χ0) is 19.5. The first-order valence-corrected chi connectivity index (χ1v) is 10.2. The molecule has 0 aliphatic carbocycles. The van der Waals surface area contributed by atoms with Gasteiger partial charge in [-0.1, -0.05) is 18.2 Å². The number of rotatable bonds is 3. The average molecular weight is 381 g/mol. The second-order valence-corrected chi connectivity index (χ2v) is 7.74. The van der Waals surface area contributed by atoms with Crippen LogP contribution in [0.3, 0.4) is 0 Å². The minimum Gasteiger partial charge on any atom is -0.445 e. The van der Waals surface area contributed by atoms with Crippen molar-refractivity contribution >= 4 is 11.8 Å². The van der Waals surface area contributed by atoms with Gasteiger partial charge in [-0.25, -0.2) is 4.98 Å². The average Bonchev–Trinajstić information content (AvgIpc) is 3.15. The third-order valence-electron chi connectivity index (χ3n) is 5.81. The summed E-state index contributed by atoms with van der Waals surface area (Å²) in [4.78, 5) is 33.7. The van der Waals surface area contributed by atoms with Crippen molar-refractivity contribution in [2.24, 2.45) is 0 Å². The van der Waals surface area contributed by atoms with Gasteiger partial charge in [0.25, 0.3) is 11.8 Å². The lowest BCUT2D eigenvalue weighted by Gasteiger charge is -2.30. The Labute approximate surface area is 165 Å². The number of piperidine rings is 2. The van der Waals surface area contributed by atoms with Gasteiger partial charge in [0.15, 0.2) is 11.6 Å². The Balaban J connectivity index is 1.40. The quantitative estimate of drug-likeness (QED) is 0.814. The lowest BCUT2D eigenvalue weighted by Crippen LogP contribution is -2.38. The Bertz CT molecular complexity index is 832. The first-order valence-electron chi connectivity index (χ1n) is 10.2. The van der Waals surface area contributed by atoms with Gasteiger partial charge in [0, 0.05) is 37.7 Å². The van der Waals surface area contributed by atoms with Crippen molar-refractivity contribution in [3.8, 4) is 0 Å². The van der Waals surface area contributed by atoms with Crippen LogP contribution in [0.5, 0.6) is 0 Å². The van der Waals surface area contributed by atoms with Crippen LogP contribution in [0.2, 0.25) is 0 Å². The maximum atomic E-state index is 12.8. The number of aryl methyl sites for hydroxylation is 1. The van der Waals surface area contributed by atoms with Crippen molar-refractivity contribution in [2.75, 3.05) is 26.2 Å². The molecule has 0 bridgehead atoms. The van der Waals surface area contributed by atoms with Crippen molar-refractivity contribution < 1.29 is 14.0 Å². The summed E-state index contributed by atoms with van der Waals surface area (Å²) in [6.07, 6.45) is 4.91. The zero-order valence-corrected chi connectivity index (χ0v) is 16.4. The van der Waals surface area contributed by atoms with Gasteiger partial charge in [-0.05, 0) is 51.2 Å². The molecule has 0 N–H and O–H groups in total. The fourth-order valence-electron chi connectivity index (χ4n) is 4.13. The molecule has 4 rings (SSSR count). The summed E-state index contributed by atoms with van der Waals surface area (Å²) >= 11 is 0. The molecule has 1 aromatic heterocycles. The number of hydrogen-bond acceptors (Lipinski definition) is 4. The summed E-state index contributed by atoms with van der Waals surface area (Å²) in [6.45, 7) is 4.78. The third kappa shape index (κ3) is 3.81. The molecule has 0 unspecified atom stereocenters. The number of hydrogen-bond donors (Lipinski definition) is 0.